The first kappa shape index (κ1) is 28.1. The lowest BCUT2D eigenvalue weighted by molar-refractivity contribution is -0.145. The molecule has 1 aromatic heterocycles. The number of carboxylic acids is 1. The normalized spacial score (nSPS) is 15.7. The van der Waals surface area contributed by atoms with E-state index in [-0.39, 0.29) is 43.3 Å². The summed E-state index contributed by atoms with van der Waals surface area (Å²) in [7, 11) is 0.771. The van der Waals surface area contributed by atoms with Crippen molar-refractivity contribution in [1.82, 2.24) is 14.0 Å². The molecule has 15 heteroatoms. The highest BCUT2D eigenvalue weighted by atomic mass is 35.5. The Bertz CT molecular complexity index is 1620. The van der Waals surface area contributed by atoms with E-state index in [0.29, 0.717) is 11.6 Å². The van der Waals surface area contributed by atoms with Crippen molar-refractivity contribution in [2.75, 3.05) is 5.75 Å². The lowest BCUT2D eigenvalue weighted by Crippen LogP contribution is -2.46. The monoisotopic (exact) mass is 584 g/mol. The predicted octanol–water partition coefficient (Wildman–Crippen LogP) is 3.61. The summed E-state index contributed by atoms with van der Waals surface area (Å²) in [5.74, 6) is -3.23. The standard InChI is InChI=1S/C24H17ClF4N4O5S/c1-31-18(24(27,28)29)10-19(34)33(23(31)38)16-9-15(13(25)8-14(16)26)30-22-32(20(35)11-39-22)17(21(36)37)7-12-5-3-2-4-6-12/h2-6,8-10,17H,7,11H2,1H3,(H,36,37)/b30-22-. The molecule has 1 saturated heterocycles. The van der Waals surface area contributed by atoms with Gasteiger partial charge in [0.15, 0.2) is 5.17 Å². The fourth-order valence-corrected chi connectivity index (χ4v) is 5.01. The second-order valence-electron chi connectivity index (χ2n) is 8.29. The molecular weight excluding hydrogens is 568 g/mol. The van der Waals surface area contributed by atoms with E-state index in [1.807, 2.05) is 0 Å². The Morgan fingerprint density at radius 3 is 2.44 bits per heavy atom. The number of hydrogen-bond acceptors (Lipinski definition) is 6. The van der Waals surface area contributed by atoms with Gasteiger partial charge in [0, 0.05) is 19.5 Å². The number of thioether (sulfide) groups is 1. The molecule has 39 heavy (non-hydrogen) atoms. The molecule has 1 unspecified atom stereocenters. The van der Waals surface area contributed by atoms with Gasteiger partial charge in [-0.25, -0.2) is 23.5 Å². The summed E-state index contributed by atoms with van der Waals surface area (Å²) in [5.41, 5.74) is -4.82. The molecule has 0 saturated carbocycles. The molecule has 2 heterocycles. The Hall–Kier alpha value is -3.91. The molecule has 9 nitrogen and oxygen atoms in total. The maximum Gasteiger partial charge on any atom is 0.431 e. The second kappa shape index (κ2) is 10.7. The smallest absolute Gasteiger partial charge is 0.431 e. The molecule has 4 rings (SSSR count). The fraction of sp³-hybridized carbons (Fsp3) is 0.208. The maximum atomic E-state index is 14.9. The second-order valence-corrected chi connectivity index (χ2v) is 9.64. The van der Waals surface area contributed by atoms with Gasteiger partial charge in [-0.3, -0.25) is 19.1 Å². The summed E-state index contributed by atoms with van der Waals surface area (Å²) < 4.78 is 54.8. The molecule has 1 aliphatic heterocycles. The largest absolute Gasteiger partial charge is 0.480 e. The van der Waals surface area contributed by atoms with Crippen molar-refractivity contribution >= 4 is 46.1 Å². The number of carboxylic acid groups (broad SMARTS) is 1. The van der Waals surface area contributed by atoms with Crippen LogP contribution in [0.3, 0.4) is 0 Å². The number of carbonyl (C=O) groups excluding carboxylic acids is 1. The molecule has 2 aromatic carbocycles. The molecule has 1 N–H and O–H groups in total. The SMILES string of the molecule is Cn1c(C(F)(F)F)cc(=O)n(-c2cc(/N=C3\SCC(=O)N3C(Cc3ccccc3)C(=O)O)c(Cl)cc2F)c1=O. The number of hydrogen-bond donors (Lipinski definition) is 1. The van der Waals surface area contributed by atoms with Gasteiger partial charge in [0.25, 0.3) is 5.56 Å². The summed E-state index contributed by atoms with van der Waals surface area (Å²) in [5, 5.41) is 9.45. The summed E-state index contributed by atoms with van der Waals surface area (Å²) in [4.78, 5) is 55.1. The molecule has 0 bridgehead atoms. The van der Waals surface area contributed by atoms with Crippen molar-refractivity contribution in [3.8, 4) is 5.69 Å². The lowest BCUT2D eigenvalue weighted by atomic mass is 10.1. The molecule has 1 atom stereocenters. The number of rotatable bonds is 6. The van der Waals surface area contributed by atoms with E-state index in [0.717, 1.165) is 29.8 Å². The van der Waals surface area contributed by atoms with Crippen LogP contribution >= 0.6 is 23.4 Å². The number of aliphatic carboxylic acids is 1. The zero-order valence-corrected chi connectivity index (χ0v) is 21.3. The Kier molecular flexibility index (Phi) is 7.70. The highest BCUT2D eigenvalue weighted by Crippen LogP contribution is 2.34. The highest BCUT2D eigenvalue weighted by Gasteiger charge is 2.39. The van der Waals surface area contributed by atoms with E-state index in [2.05, 4.69) is 4.99 Å². The molecule has 3 aromatic rings. The Morgan fingerprint density at radius 1 is 1.15 bits per heavy atom. The molecule has 0 radical (unpaired) electrons. The van der Waals surface area contributed by atoms with E-state index in [9.17, 15) is 41.8 Å². The van der Waals surface area contributed by atoms with E-state index >= 15 is 0 Å². The summed E-state index contributed by atoms with van der Waals surface area (Å²) in [6.45, 7) is 0. The Balaban J connectivity index is 1.82. The van der Waals surface area contributed by atoms with Gasteiger partial charge in [0.2, 0.25) is 5.91 Å². The van der Waals surface area contributed by atoms with Crippen molar-refractivity contribution < 1.29 is 32.3 Å². The number of nitrogens with zero attached hydrogens (tertiary/aromatic N) is 4. The number of benzene rings is 2. The van der Waals surface area contributed by atoms with Crippen LogP contribution in [-0.4, -0.2) is 48.0 Å². The molecule has 204 valence electrons. The minimum absolute atomic E-state index is 0.0547. The van der Waals surface area contributed by atoms with Gasteiger partial charge in [-0.15, -0.1) is 0 Å². The number of aliphatic imine (C=N–C) groups is 1. The van der Waals surface area contributed by atoms with Gasteiger partial charge in [-0.05, 0) is 17.7 Å². The molecule has 0 spiro atoms. The summed E-state index contributed by atoms with van der Waals surface area (Å²) in [6, 6.07) is 8.88. The van der Waals surface area contributed by atoms with Gasteiger partial charge in [-0.2, -0.15) is 13.2 Å². The zero-order valence-electron chi connectivity index (χ0n) is 19.8. The van der Waals surface area contributed by atoms with Crippen LogP contribution in [0, 0.1) is 5.82 Å². The van der Waals surface area contributed by atoms with Gasteiger partial charge in [0.05, 0.1) is 22.2 Å². The molecular formula is C24H17ClF4N4O5S. The number of alkyl halides is 3. The van der Waals surface area contributed by atoms with Crippen molar-refractivity contribution in [2.24, 2.45) is 12.0 Å². The summed E-state index contributed by atoms with van der Waals surface area (Å²) >= 11 is 7.01. The van der Waals surface area contributed by atoms with Gasteiger partial charge in [-0.1, -0.05) is 53.7 Å². The zero-order chi connectivity index (χ0) is 28.6. The van der Waals surface area contributed by atoms with Crippen LogP contribution in [0.4, 0.5) is 23.2 Å². The quantitative estimate of drug-likeness (QED) is 0.443. The lowest BCUT2D eigenvalue weighted by Gasteiger charge is -2.24. The van der Waals surface area contributed by atoms with E-state index in [1.54, 1.807) is 30.3 Å². The summed E-state index contributed by atoms with van der Waals surface area (Å²) in [6.07, 6.45) is -5.07. The number of aromatic nitrogens is 2. The molecule has 1 amide bonds. The first-order valence-corrected chi connectivity index (χ1v) is 12.4. The fourth-order valence-electron chi connectivity index (χ4n) is 3.90. The third-order valence-electron chi connectivity index (χ3n) is 5.75. The topological polar surface area (TPSA) is 114 Å². The average molecular weight is 585 g/mol. The third-order valence-corrected chi connectivity index (χ3v) is 6.99. The number of halogens is 5. The van der Waals surface area contributed by atoms with Crippen molar-refractivity contribution in [3.05, 3.63) is 91.5 Å². The van der Waals surface area contributed by atoms with Gasteiger partial charge >= 0.3 is 17.8 Å². The maximum absolute atomic E-state index is 14.9. The van der Waals surface area contributed by atoms with Crippen LogP contribution in [-0.2, 0) is 29.2 Å². The molecule has 0 aliphatic carbocycles. The Morgan fingerprint density at radius 2 is 1.82 bits per heavy atom. The van der Waals surface area contributed by atoms with Crippen LogP contribution < -0.4 is 11.2 Å². The highest BCUT2D eigenvalue weighted by molar-refractivity contribution is 8.15. The molecule has 1 fully saturated rings. The van der Waals surface area contributed by atoms with Crippen LogP contribution in [0.1, 0.15) is 11.3 Å². The van der Waals surface area contributed by atoms with Crippen molar-refractivity contribution in [2.45, 2.75) is 18.6 Å². The number of amides is 1. The van der Waals surface area contributed by atoms with Crippen LogP contribution in [0.15, 0.2) is 63.1 Å². The number of amidine groups is 1. The van der Waals surface area contributed by atoms with Crippen molar-refractivity contribution in [3.63, 3.8) is 0 Å². The van der Waals surface area contributed by atoms with Gasteiger partial charge < -0.3 is 5.11 Å². The third kappa shape index (κ3) is 5.61. The minimum atomic E-state index is -5.02. The van der Waals surface area contributed by atoms with Crippen LogP contribution in [0.2, 0.25) is 5.02 Å². The predicted molar refractivity (Wildman–Crippen MR) is 135 cm³/mol. The van der Waals surface area contributed by atoms with Gasteiger partial charge in [0.1, 0.15) is 17.6 Å². The van der Waals surface area contributed by atoms with Crippen LogP contribution in [0.5, 0.6) is 0 Å². The van der Waals surface area contributed by atoms with E-state index in [4.69, 9.17) is 11.6 Å². The average Bonchev–Trinajstić information content (AvgIpc) is 3.21. The molecule has 1 aliphatic rings. The van der Waals surface area contributed by atoms with E-state index in [1.165, 1.54) is 0 Å². The Labute approximate surface area is 226 Å². The minimum Gasteiger partial charge on any atom is -0.480 e. The van der Waals surface area contributed by atoms with Crippen molar-refractivity contribution in [1.29, 1.82) is 0 Å². The first-order chi connectivity index (χ1) is 18.3. The van der Waals surface area contributed by atoms with Crippen LogP contribution in [0.25, 0.3) is 5.69 Å². The first-order valence-electron chi connectivity index (χ1n) is 11.0. The van der Waals surface area contributed by atoms with E-state index < -0.39 is 52.5 Å². The number of carbonyl (C=O) groups is 2.